The monoisotopic (exact) mass is 331 g/mol. The zero-order valence-corrected chi connectivity index (χ0v) is 13.8. The Labute approximate surface area is 139 Å². The predicted molar refractivity (Wildman–Crippen MR) is 92.5 cm³/mol. The van der Waals surface area contributed by atoms with E-state index in [1.807, 2.05) is 30.3 Å². The van der Waals surface area contributed by atoms with E-state index in [-0.39, 0.29) is 17.7 Å². The molecule has 3 N–H and O–H groups in total. The van der Waals surface area contributed by atoms with Crippen LogP contribution in [0.2, 0.25) is 0 Å². The molecule has 0 radical (unpaired) electrons. The Hall–Kier alpha value is -1.92. The first kappa shape index (κ1) is 16.0. The molecule has 3 rings (SSSR count). The second-order valence-corrected chi connectivity index (χ2v) is 6.90. The van der Waals surface area contributed by atoms with Crippen LogP contribution >= 0.6 is 11.3 Å². The van der Waals surface area contributed by atoms with Crippen LogP contribution in [0.5, 0.6) is 0 Å². The summed E-state index contributed by atoms with van der Waals surface area (Å²) in [5.74, 6) is -0.0968. The molecule has 1 aromatic heterocycles. The van der Waals surface area contributed by atoms with Gasteiger partial charge in [-0.15, -0.1) is 11.3 Å². The summed E-state index contributed by atoms with van der Waals surface area (Å²) in [6.45, 7) is 2.12. The van der Waals surface area contributed by atoms with Crippen LogP contribution in [0.3, 0.4) is 0 Å². The van der Waals surface area contributed by atoms with Gasteiger partial charge in [0, 0.05) is 30.9 Å². The number of nitrogens with one attached hydrogen (secondary N) is 1. The van der Waals surface area contributed by atoms with Crippen molar-refractivity contribution in [2.24, 2.45) is 11.7 Å². The number of fused-ring (bicyclic) bond motifs is 1. The third-order valence-corrected chi connectivity index (χ3v) is 5.26. The van der Waals surface area contributed by atoms with Gasteiger partial charge < -0.3 is 16.0 Å². The van der Waals surface area contributed by atoms with Gasteiger partial charge >= 0.3 is 0 Å². The highest BCUT2D eigenvalue weighted by atomic mass is 32.1. The number of rotatable bonds is 4. The number of hydrogen-bond acceptors (Lipinski definition) is 4. The largest absolute Gasteiger partial charge is 0.355 e. The van der Waals surface area contributed by atoms with Crippen molar-refractivity contribution in [1.82, 2.24) is 10.2 Å². The maximum absolute atomic E-state index is 12.7. The van der Waals surface area contributed by atoms with Gasteiger partial charge in [0.1, 0.15) is 0 Å². The number of carbonyl (C=O) groups excluding carboxylic acids is 2. The van der Waals surface area contributed by atoms with E-state index in [4.69, 9.17) is 5.73 Å². The Morgan fingerprint density at radius 2 is 2.17 bits per heavy atom. The molecule has 1 aliphatic heterocycles. The molecule has 2 aromatic rings. The molecule has 122 valence electrons. The van der Waals surface area contributed by atoms with Crippen molar-refractivity contribution in [3.05, 3.63) is 35.2 Å². The van der Waals surface area contributed by atoms with Crippen LogP contribution < -0.4 is 11.1 Å². The fourth-order valence-corrected chi connectivity index (χ4v) is 3.99. The molecule has 0 bridgehead atoms. The third kappa shape index (κ3) is 3.54. The second-order valence-electron chi connectivity index (χ2n) is 5.82. The summed E-state index contributed by atoms with van der Waals surface area (Å²) < 4.78 is 1.12. The Bertz CT molecular complexity index is 680. The van der Waals surface area contributed by atoms with Crippen LogP contribution in [0.4, 0.5) is 0 Å². The van der Waals surface area contributed by atoms with Crippen molar-refractivity contribution in [2.75, 3.05) is 26.2 Å². The lowest BCUT2D eigenvalue weighted by Crippen LogP contribution is -2.46. The Morgan fingerprint density at radius 1 is 1.35 bits per heavy atom. The van der Waals surface area contributed by atoms with Gasteiger partial charge in [-0.05, 0) is 30.4 Å². The van der Waals surface area contributed by atoms with Crippen LogP contribution in [0.15, 0.2) is 30.3 Å². The SMILES string of the molecule is NCCNC(=O)C1CCCN(C(=O)c2cc3ccccc3s2)C1. The molecule has 0 saturated carbocycles. The van der Waals surface area contributed by atoms with E-state index >= 15 is 0 Å². The number of nitrogens with two attached hydrogens (primary N) is 1. The normalized spacial score (nSPS) is 18.1. The van der Waals surface area contributed by atoms with E-state index in [1.165, 1.54) is 11.3 Å². The first-order chi connectivity index (χ1) is 11.2. The van der Waals surface area contributed by atoms with Crippen molar-refractivity contribution in [3.63, 3.8) is 0 Å². The highest BCUT2D eigenvalue weighted by molar-refractivity contribution is 7.20. The van der Waals surface area contributed by atoms with Crippen LogP contribution in [-0.4, -0.2) is 42.9 Å². The maximum atomic E-state index is 12.7. The first-order valence-electron chi connectivity index (χ1n) is 7.94. The van der Waals surface area contributed by atoms with Gasteiger partial charge in [0.2, 0.25) is 5.91 Å². The topological polar surface area (TPSA) is 75.4 Å². The van der Waals surface area contributed by atoms with E-state index in [0.717, 1.165) is 27.8 Å². The average molecular weight is 331 g/mol. The fourth-order valence-electron chi connectivity index (χ4n) is 2.96. The van der Waals surface area contributed by atoms with Gasteiger partial charge in [0.05, 0.1) is 10.8 Å². The third-order valence-electron chi connectivity index (χ3n) is 4.16. The number of carbonyl (C=O) groups is 2. The number of amides is 2. The molecular weight excluding hydrogens is 310 g/mol. The van der Waals surface area contributed by atoms with Crippen molar-refractivity contribution in [1.29, 1.82) is 0 Å². The summed E-state index contributed by atoms with van der Waals surface area (Å²) >= 11 is 1.51. The highest BCUT2D eigenvalue weighted by Gasteiger charge is 2.29. The molecule has 0 spiro atoms. The van der Waals surface area contributed by atoms with E-state index in [0.29, 0.717) is 26.2 Å². The molecule has 0 aliphatic carbocycles. The minimum Gasteiger partial charge on any atom is -0.355 e. The van der Waals surface area contributed by atoms with E-state index < -0.39 is 0 Å². The minimum atomic E-state index is -0.131. The number of hydrogen-bond donors (Lipinski definition) is 2. The van der Waals surface area contributed by atoms with Gasteiger partial charge in [-0.1, -0.05) is 18.2 Å². The molecule has 1 saturated heterocycles. The number of likely N-dealkylation sites (tertiary alicyclic amines) is 1. The molecule has 23 heavy (non-hydrogen) atoms. The standard InChI is InChI=1S/C17H21N3O2S/c18-7-8-19-16(21)13-5-3-9-20(11-13)17(22)15-10-12-4-1-2-6-14(12)23-15/h1-2,4,6,10,13H,3,5,7-9,11,18H2,(H,19,21). The zero-order valence-electron chi connectivity index (χ0n) is 13.0. The number of thiophene rings is 1. The molecule has 1 aliphatic rings. The van der Waals surface area contributed by atoms with Gasteiger partial charge in [0.25, 0.3) is 5.91 Å². The zero-order chi connectivity index (χ0) is 16.2. The van der Waals surface area contributed by atoms with Crippen molar-refractivity contribution >= 4 is 33.2 Å². The van der Waals surface area contributed by atoms with Crippen molar-refractivity contribution in [2.45, 2.75) is 12.8 Å². The summed E-state index contributed by atoms with van der Waals surface area (Å²) in [4.78, 5) is 27.4. The van der Waals surface area contributed by atoms with E-state index in [9.17, 15) is 9.59 Å². The highest BCUT2D eigenvalue weighted by Crippen LogP contribution is 2.27. The lowest BCUT2D eigenvalue weighted by atomic mass is 9.97. The second kappa shape index (κ2) is 7.10. The summed E-state index contributed by atoms with van der Waals surface area (Å²) in [5.41, 5.74) is 5.42. The average Bonchev–Trinajstić information content (AvgIpc) is 3.03. The predicted octanol–water partition coefficient (Wildman–Crippen LogP) is 1.83. The van der Waals surface area contributed by atoms with Crippen LogP contribution in [0.25, 0.3) is 10.1 Å². The quantitative estimate of drug-likeness (QED) is 0.897. The van der Waals surface area contributed by atoms with Gasteiger partial charge in [-0.3, -0.25) is 9.59 Å². The Kier molecular flexibility index (Phi) is 4.93. The summed E-state index contributed by atoms with van der Waals surface area (Å²) in [5, 5.41) is 3.92. The Balaban J connectivity index is 1.70. The van der Waals surface area contributed by atoms with Crippen molar-refractivity contribution < 1.29 is 9.59 Å². The molecule has 5 nitrogen and oxygen atoms in total. The Morgan fingerprint density at radius 3 is 2.96 bits per heavy atom. The summed E-state index contributed by atoms with van der Waals surface area (Å²) in [6.07, 6.45) is 1.68. The molecule has 1 atom stereocenters. The molecular formula is C17H21N3O2S. The molecule has 6 heteroatoms. The first-order valence-corrected chi connectivity index (χ1v) is 8.76. The minimum absolute atomic E-state index is 0.00397. The van der Waals surface area contributed by atoms with Crippen molar-refractivity contribution in [3.8, 4) is 0 Å². The molecule has 1 unspecified atom stereocenters. The number of piperidine rings is 1. The molecule has 2 heterocycles. The van der Waals surface area contributed by atoms with Crippen LogP contribution in [0.1, 0.15) is 22.5 Å². The summed E-state index contributed by atoms with van der Waals surface area (Å²) in [6, 6.07) is 9.94. The van der Waals surface area contributed by atoms with E-state index in [1.54, 1.807) is 4.90 Å². The fraction of sp³-hybridized carbons (Fsp3) is 0.412. The molecule has 1 fully saturated rings. The van der Waals surface area contributed by atoms with Gasteiger partial charge in [-0.25, -0.2) is 0 Å². The lowest BCUT2D eigenvalue weighted by molar-refractivity contribution is -0.126. The van der Waals surface area contributed by atoms with Crippen LogP contribution in [-0.2, 0) is 4.79 Å². The lowest BCUT2D eigenvalue weighted by Gasteiger charge is -2.31. The molecule has 2 amide bonds. The number of benzene rings is 1. The number of nitrogens with zero attached hydrogens (tertiary/aromatic N) is 1. The van der Waals surface area contributed by atoms with Gasteiger partial charge in [-0.2, -0.15) is 0 Å². The maximum Gasteiger partial charge on any atom is 0.263 e. The van der Waals surface area contributed by atoms with Crippen LogP contribution in [0, 0.1) is 5.92 Å². The van der Waals surface area contributed by atoms with Gasteiger partial charge in [0.15, 0.2) is 0 Å². The smallest absolute Gasteiger partial charge is 0.263 e. The van der Waals surface area contributed by atoms with E-state index in [2.05, 4.69) is 5.32 Å². The molecule has 1 aromatic carbocycles. The summed E-state index contributed by atoms with van der Waals surface area (Å²) in [7, 11) is 0.